The Bertz CT molecular complexity index is 254. The molecule has 14 heavy (non-hydrogen) atoms. The van der Waals surface area contributed by atoms with Crippen LogP contribution in [0.5, 0.6) is 0 Å². The number of aliphatic hydroxyl groups is 1. The molecule has 0 aliphatic carbocycles. The molecule has 0 radical (unpaired) electrons. The summed E-state index contributed by atoms with van der Waals surface area (Å²) in [5, 5.41) is 9.29. The van der Waals surface area contributed by atoms with Gasteiger partial charge in [0.05, 0.1) is 18.8 Å². The number of carbonyl (C=O) groups is 2. The molecule has 5 heteroatoms. The lowest BCUT2D eigenvalue weighted by Crippen LogP contribution is -2.54. The first-order valence-electron chi connectivity index (χ1n) is 4.74. The molecular weight excluding hydrogens is 186 g/mol. The first kappa shape index (κ1) is 9.61. The Morgan fingerprint density at radius 3 is 2.43 bits per heavy atom. The number of carbonyl (C=O) groups excluding carboxylic acids is 2. The molecule has 2 amide bonds. The molecule has 0 aromatic rings. The minimum Gasteiger partial charge on any atom is -0.394 e. The zero-order valence-electron chi connectivity index (χ0n) is 7.86. The minimum atomic E-state index is -0.773. The van der Waals surface area contributed by atoms with Gasteiger partial charge in [-0.25, -0.2) is 0 Å². The molecule has 0 bridgehead atoms. The van der Waals surface area contributed by atoms with Crippen LogP contribution in [0.1, 0.15) is 19.3 Å². The van der Waals surface area contributed by atoms with Gasteiger partial charge in [-0.05, 0) is 6.42 Å². The number of nitrogens with zero attached hydrogens (tertiary/aromatic N) is 1. The van der Waals surface area contributed by atoms with Gasteiger partial charge in [0.25, 0.3) is 0 Å². The van der Waals surface area contributed by atoms with E-state index >= 15 is 0 Å². The summed E-state index contributed by atoms with van der Waals surface area (Å²) in [6.07, 6.45) is 1.07. The van der Waals surface area contributed by atoms with Gasteiger partial charge in [-0.3, -0.25) is 14.5 Å². The number of rotatable bonds is 2. The Hall–Kier alpha value is -0.940. The van der Waals surface area contributed by atoms with Crippen LogP contribution in [0.15, 0.2) is 0 Å². The van der Waals surface area contributed by atoms with Crippen LogP contribution in [-0.4, -0.2) is 47.2 Å². The molecule has 78 valence electrons. The highest BCUT2D eigenvalue weighted by atomic mass is 16.5. The van der Waals surface area contributed by atoms with Crippen molar-refractivity contribution in [3.8, 4) is 0 Å². The quantitative estimate of drug-likeness (QED) is 0.596. The first-order valence-corrected chi connectivity index (χ1v) is 4.74. The number of likely N-dealkylation sites (tertiary alicyclic amines) is 1. The summed E-state index contributed by atoms with van der Waals surface area (Å²) < 4.78 is 5.15. The SMILES string of the molecule is O=C1CCC(=O)N1C1(CO)CCOC1. The van der Waals surface area contributed by atoms with Gasteiger partial charge in [-0.1, -0.05) is 0 Å². The second-order valence-corrected chi connectivity index (χ2v) is 3.81. The topological polar surface area (TPSA) is 66.8 Å². The zero-order chi connectivity index (χ0) is 10.2. The van der Waals surface area contributed by atoms with Gasteiger partial charge in [0, 0.05) is 19.4 Å². The van der Waals surface area contributed by atoms with Crippen molar-refractivity contribution in [2.45, 2.75) is 24.8 Å². The van der Waals surface area contributed by atoms with E-state index in [1.807, 2.05) is 0 Å². The van der Waals surface area contributed by atoms with Crippen molar-refractivity contribution >= 4 is 11.8 Å². The Morgan fingerprint density at radius 2 is 2.00 bits per heavy atom. The maximum absolute atomic E-state index is 11.5. The summed E-state index contributed by atoms with van der Waals surface area (Å²) in [4.78, 5) is 24.2. The van der Waals surface area contributed by atoms with Crippen LogP contribution in [-0.2, 0) is 14.3 Å². The fourth-order valence-electron chi connectivity index (χ4n) is 2.07. The minimum absolute atomic E-state index is 0.186. The summed E-state index contributed by atoms with van der Waals surface area (Å²) in [5.41, 5.74) is -0.773. The molecule has 2 fully saturated rings. The molecule has 2 heterocycles. The number of ether oxygens (including phenoxy) is 1. The summed E-state index contributed by atoms with van der Waals surface area (Å²) >= 11 is 0. The largest absolute Gasteiger partial charge is 0.394 e. The lowest BCUT2D eigenvalue weighted by atomic mass is 9.98. The van der Waals surface area contributed by atoms with Crippen LogP contribution in [0.2, 0.25) is 0 Å². The van der Waals surface area contributed by atoms with E-state index in [2.05, 4.69) is 0 Å². The van der Waals surface area contributed by atoms with Gasteiger partial charge in [0.1, 0.15) is 0 Å². The van der Waals surface area contributed by atoms with Gasteiger partial charge in [0.2, 0.25) is 11.8 Å². The van der Waals surface area contributed by atoms with Crippen LogP contribution in [0.25, 0.3) is 0 Å². The van der Waals surface area contributed by atoms with E-state index in [4.69, 9.17) is 4.74 Å². The Kier molecular flexibility index (Phi) is 2.28. The highest BCUT2D eigenvalue weighted by Crippen LogP contribution is 2.30. The number of hydrogen-bond donors (Lipinski definition) is 1. The molecule has 2 rings (SSSR count). The second-order valence-electron chi connectivity index (χ2n) is 3.81. The van der Waals surface area contributed by atoms with E-state index in [1.54, 1.807) is 0 Å². The van der Waals surface area contributed by atoms with Crippen molar-refractivity contribution in [3.05, 3.63) is 0 Å². The standard InChI is InChI=1S/C9H13NO4/c11-5-9(3-4-14-6-9)10-7(12)1-2-8(10)13/h11H,1-6H2. The van der Waals surface area contributed by atoms with Crippen LogP contribution in [0.4, 0.5) is 0 Å². The van der Waals surface area contributed by atoms with E-state index in [0.29, 0.717) is 13.0 Å². The fourth-order valence-corrected chi connectivity index (χ4v) is 2.07. The monoisotopic (exact) mass is 199 g/mol. The second kappa shape index (κ2) is 3.33. The number of hydrogen-bond acceptors (Lipinski definition) is 4. The lowest BCUT2D eigenvalue weighted by molar-refractivity contribution is -0.147. The third kappa shape index (κ3) is 1.24. The molecule has 1 atom stereocenters. The summed E-state index contributed by atoms with van der Waals surface area (Å²) in [5.74, 6) is -0.371. The molecule has 1 N–H and O–H groups in total. The molecule has 2 aliphatic heterocycles. The molecule has 0 aromatic heterocycles. The molecule has 0 aromatic carbocycles. The van der Waals surface area contributed by atoms with E-state index in [0.717, 1.165) is 0 Å². The average molecular weight is 199 g/mol. The summed E-state index contributed by atoms with van der Waals surface area (Å²) in [6, 6.07) is 0. The van der Waals surface area contributed by atoms with Crippen LogP contribution < -0.4 is 0 Å². The van der Waals surface area contributed by atoms with Crippen LogP contribution in [0.3, 0.4) is 0 Å². The van der Waals surface area contributed by atoms with Crippen LogP contribution >= 0.6 is 0 Å². The van der Waals surface area contributed by atoms with E-state index in [1.165, 1.54) is 4.90 Å². The van der Waals surface area contributed by atoms with Gasteiger partial charge in [0.15, 0.2) is 0 Å². The number of aliphatic hydroxyl groups excluding tert-OH is 1. The number of imide groups is 1. The smallest absolute Gasteiger partial charge is 0.230 e. The van der Waals surface area contributed by atoms with Crippen molar-refractivity contribution in [3.63, 3.8) is 0 Å². The van der Waals surface area contributed by atoms with Crippen LogP contribution in [0, 0.1) is 0 Å². The van der Waals surface area contributed by atoms with Crippen molar-refractivity contribution in [1.82, 2.24) is 4.90 Å². The van der Waals surface area contributed by atoms with E-state index < -0.39 is 5.54 Å². The predicted octanol–water partition coefficient (Wildman–Crippen LogP) is -0.713. The molecule has 0 spiro atoms. The summed E-state index contributed by atoms with van der Waals surface area (Å²) in [6.45, 7) is 0.559. The lowest BCUT2D eigenvalue weighted by Gasteiger charge is -2.33. The van der Waals surface area contributed by atoms with E-state index in [9.17, 15) is 14.7 Å². The van der Waals surface area contributed by atoms with Gasteiger partial charge in [-0.2, -0.15) is 0 Å². The molecule has 0 saturated carbocycles. The predicted molar refractivity (Wildman–Crippen MR) is 46.3 cm³/mol. The Morgan fingerprint density at radius 1 is 1.36 bits per heavy atom. The highest BCUT2D eigenvalue weighted by Gasteiger charge is 2.48. The van der Waals surface area contributed by atoms with Gasteiger partial charge < -0.3 is 9.84 Å². The van der Waals surface area contributed by atoms with Crippen molar-refractivity contribution in [2.24, 2.45) is 0 Å². The third-order valence-corrected chi connectivity index (χ3v) is 2.90. The third-order valence-electron chi connectivity index (χ3n) is 2.90. The summed E-state index contributed by atoms with van der Waals surface area (Å²) in [7, 11) is 0. The first-order chi connectivity index (χ1) is 6.69. The van der Waals surface area contributed by atoms with Crippen molar-refractivity contribution in [1.29, 1.82) is 0 Å². The average Bonchev–Trinajstić information content (AvgIpc) is 2.75. The normalized spacial score (nSPS) is 33.1. The molecular formula is C9H13NO4. The molecule has 2 saturated heterocycles. The van der Waals surface area contributed by atoms with Crippen molar-refractivity contribution in [2.75, 3.05) is 19.8 Å². The molecule has 1 unspecified atom stereocenters. The Balaban J connectivity index is 2.26. The Labute approximate surface area is 81.6 Å². The fraction of sp³-hybridized carbons (Fsp3) is 0.778. The van der Waals surface area contributed by atoms with Crippen molar-refractivity contribution < 1.29 is 19.4 Å². The van der Waals surface area contributed by atoms with E-state index in [-0.39, 0.29) is 37.9 Å². The maximum atomic E-state index is 11.5. The van der Waals surface area contributed by atoms with Gasteiger partial charge >= 0.3 is 0 Å². The molecule has 5 nitrogen and oxygen atoms in total. The number of amides is 2. The maximum Gasteiger partial charge on any atom is 0.230 e. The highest BCUT2D eigenvalue weighted by molar-refractivity contribution is 6.02. The zero-order valence-corrected chi connectivity index (χ0v) is 7.86. The molecule has 2 aliphatic rings. The van der Waals surface area contributed by atoms with Gasteiger partial charge in [-0.15, -0.1) is 0 Å².